The minimum atomic E-state index is -4.54. The normalized spacial score (nSPS) is 30.5. The summed E-state index contributed by atoms with van der Waals surface area (Å²) in [6.45, 7) is 9.58. The Bertz CT molecular complexity index is 1420. The number of fused-ring (bicyclic) bond motifs is 5. The van der Waals surface area contributed by atoms with Crippen LogP contribution in [0.4, 0.5) is 13.2 Å². The van der Waals surface area contributed by atoms with Crippen molar-refractivity contribution in [2.45, 2.75) is 110 Å². The van der Waals surface area contributed by atoms with Gasteiger partial charge in [0.15, 0.2) is 0 Å². The molecule has 1 aromatic carbocycles. The number of halogens is 3. The van der Waals surface area contributed by atoms with Gasteiger partial charge in [-0.25, -0.2) is 9.97 Å². The molecule has 8 nitrogen and oxygen atoms in total. The van der Waals surface area contributed by atoms with Crippen molar-refractivity contribution in [1.29, 1.82) is 0 Å². The number of rotatable bonds is 2. The minimum absolute atomic E-state index is 0.0611. The highest BCUT2D eigenvalue weighted by Crippen LogP contribution is 2.50. The smallest absolute Gasteiger partial charge is 0.416 e. The van der Waals surface area contributed by atoms with Crippen molar-refractivity contribution in [2.75, 3.05) is 6.54 Å². The highest BCUT2D eigenvalue weighted by molar-refractivity contribution is 5.87. The van der Waals surface area contributed by atoms with E-state index in [1.807, 2.05) is 34.6 Å². The number of nitrogens with zero attached hydrogens (tertiary/aromatic N) is 3. The molecule has 1 amide bonds. The SMILES string of the molecule is CC[C@@H]1[C@@H]2CN(C(=O)[C@H](C(C)(C)C)CC(=O)O[C@]3(C)C[C@H]3CCCCCc3nc4ccc(C(F)(F)F)cc4nc3O2)[C@@H]1C=O. The number of carbonyl (C=O) groups is 3. The molecule has 1 aromatic heterocycles. The van der Waals surface area contributed by atoms with Crippen molar-refractivity contribution in [3.05, 3.63) is 29.5 Å². The molecule has 0 N–H and O–H groups in total. The van der Waals surface area contributed by atoms with Crippen LogP contribution in [-0.2, 0) is 31.7 Å². The molecule has 1 aliphatic carbocycles. The van der Waals surface area contributed by atoms with E-state index < -0.39 is 46.8 Å². The van der Waals surface area contributed by atoms with Crippen molar-refractivity contribution in [1.82, 2.24) is 14.9 Å². The molecule has 1 saturated carbocycles. The van der Waals surface area contributed by atoms with Gasteiger partial charge in [-0.2, -0.15) is 13.2 Å². The fraction of sp³-hybridized carbons (Fsp3) is 0.667. The summed E-state index contributed by atoms with van der Waals surface area (Å²) in [7, 11) is 0. The Morgan fingerprint density at radius 2 is 1.84 bits per heavy atom. The quantitative estimate of drug-likeness (QED) is 0.287. The molecule has 6 atom stereocenters. The van der Waals surface area contributed by atoms with Crippen LogP contribution >= 0.6 is 0 Å². The Labute approximate surface area is 256 Å². The van der Waals surface area contributed by atoms with Gasteiger partial charge in [-0.05, 0) is 62.6 Å². The average Bonchev–Trinajstić information content (AvgIpc) is 3.43. The van der Waals surface area contributed by atoms with Gasteiger partial charge in [0.2, 0.25) is 11.8 Å². The van der Waals surface area contributed by atoms with Crippen LogP contribution in [0.3, 0.4) is 0 Å². The number of aromatic nitrogens is 2. The number of benzene rings is 1. The zero-order valence-corrected chi connectivity index (χ0v) is 26.1. The number of ether oxygens (including phenoxy) is 2. The Kier molecular flexibility index (Phi) is 8.72. The molecule has 1 saturated heterocycles. The van der Waals surface area contributed by atoms with Crippen LogP contribution < -0.4 is 4.74 Å². The molecule has 2 aromatic rings. The molecule has 2 fully saturated rings. The van der Waals surface area contributed by atoms with E-state index >= 15 is 0 Å². The predicted octanol–water partition coefficient (Wildman–Crippen LogP) is 6.32. The second-order valence-electron chi connectivity index (χ2n) is 13.9. The van der Waals surface area contributed by atoms with E-state index in [-0.39, 0.29) is 42.1 Å². The zero-order chi connectivity index (χ0) is 32.0. The van der Waals surface area contributed by atoms with Crippen LogP contribution in [0.5, 0.6) is 5.88 Å². The topological polar surface area (TPSA) is 98.7 Å². The fourth-order valence-corrected chi connectivity index (χ4v) is 6.85. The number of hydrogen-bond donors (Lipinski definition) is 0. The summed E-state index contributed by atoms with van der Waals surface area (Å²) in [6.07, 6.45) is 0.713. The van der Waals surface area contributed by atoms with Crippen molar-refractivity contribution in [2.24, 2.45) is 23.2 Å². The standard InChI is InChI=1S/C33H42F3N3O5/c1-6-21-26(18-40)39-17-27(21)43-29-24(37-23-13-12-19(33(34,35)36)14-25(23)38-29)11-9-7-8-10-20-16-32(20,5)44-28(41)15-22(30(39)42)31(2,3)4/h12-14,18,20-22,26-27H,6-11,15-17H2,1-5H3/t20-,21+,22-,26-,27+,32-/m1/s1. The summed E-state index contributed by atoms with van der Waals surface area (Å²) >= 11 is 0. The number of aldehydes is 1. The molecule has 240 valence electrons. The van der Waals surface area contributed by atoms with E-state index in [0.717, 1.165) is 50.5 Å². The number of hydrogen-bond acceptors (Lipinski definition) is 7. The summed E-state index contributed by atoms with van der Waals surface area (Å²) in [6, 6.07) is 2.50. The Morgan fingerprint density at radius 1 is 1.09 bits per heavy atom. The van der Waals surface area contributed by atoms with Gasteiger partial charge < -0.3 is 19.2 Å². The fourth-order valence-electron chi connectivity index (χ4n) is 6.85. The highest BCUT2D eigenvalue weighted by atomic mass is 19.4. The molecule has 3 heterocycles. The van der Waals surface area contributed by atoms with Crippen LogP contribution in [0.15, 0.2) is 18.2 Å². The molecule has 5 rings (SSSR count). The summed E-state index contributed by atoms with van der Waals surface area (Å²) in [5.41, 5.74) is -1.02. The number of amides is 1. The first-order chi connectivity index (χ1) is 20.6. The van der Waals surface area contributed by atoms with Crippen LogP contribution in [0.25, 0.3) is 11.0 Å². The largest absolute Gasteiger partial charge is 0.471 e. The second-order valence-corrected chi connectivity index (χ2v) is 13.9. The molecule has 2 aliphatic heterocycles. The average molecular weight is 618 g/mol. The van der Waals surface area contributed by atoms with Gasteiger partial charge in [0.1, 0.15) is 23.7 Å². The van der Waals surface area contributed by atoms with E-state index in [1.54, 1.807) is 0 Å². The Morgan fingerprint density at radius 3 is 2.50 bits per heavy atom. The monoisotopic (exact) mass is 617 g/mol. The molecule has 2 bridgehead atoms. The van der Waals surface area contributed by atoms with E-state index in [0.29, 0.717) is 24.1 Å². The summed E-state index contributed by atoms with van der Waals surface area (Å²) < 4.78 is 52.9. The van der Waals surface area contributed by atoms with Gasteiger partial charge in [-0.3, -0.25) is 9.59 Å². The Balaban J connectivity index is 1.54. The predicted molar refractivity (Wildman–Crippen MR) is 157 cm³/mol. The minimum Gasteiger partial charge on any atom is -0.471 e. The van der Waals surface area contributed by atoms with Gasteiger partial charge >= 0.3 is 12.1 Å². The molecular formula is C33H42F3N3O5. The van der Waals surface area contributed by atoms with Crippen molar-refractivity contribution in [3.8, 4) is 5.88 Å². The van der Waals surface area contributed by atoms with Gasteiger partial charge in [0, 0.05) is 11.8 Å². The highest BCUT2D eigenvalue weighted by Gasteiger charge is 2.54. The van der Waals surface area contributed by atoms with Crippen molar-refractivity contribution in [3.63, 3.8) is 0 Å². The van der Waals surface area contributed by atoms with Gasteiger partial charge in [0.25, 0.3) is 0 Å². The molecular weight excluding hydrogens is 575 g/mol. The van der Waals surface area contributed by atoms with Crippen LogP contribution in [0.1, 0.15) is 90.8 Å². The first-order valence-corrected chi connectivity index (χ1v) is 15.7. The van der Waals surface area contributed by atoms with Crippen LogP contribution in [-0.4, -0.2) is 57.3 Å². The third-order valence-electron chi connectivity index (χ3n) is 9.72. The summed E-state index contributed by atoms with van der Waals surface area (Å²) in [5, 5.41) is 0. The molecule has 0 radical (unpaired) electrons. The molecule has 44 heavy (non-hydrogen) atoms. The lowest BCUT2D eigenvalue weighted by Crippen LogP contribution is -2.46. The maximum absolute atomic E-state index is 14.1. The number of aryl methyl sites for hydroxylation is 1. The van der Waals surface area contributed by atoms with E-state index in [2.05, 4.69) is 9.97 Å². The van der Waals surface area contributed by atoms with Crippen LogP contribution in [0.2, 0.25) is 0 Å². The molecule has 0 unspecified atom stereocenters. The molecule has 0 spiro atoms. The van der Waals surface area contributed by atoms with Crippen LogP contribution in [0, 0.1) is 23.2 Å². The molecule has 3 aliphatic rings. The lowest BCUT2D eigenvalue weighted by Gasteiger charge is -2.34. The number of carbonyl (C=O) groups excluding carboxylic acids is 3. The Hall–Kier alpha value is -3.24. The first-order valence-electron chi connectivity index (χ1n) is 15.7. The van der Waals surface area contributed by atoms with Gasteiger partial charge in [-0.15, -0.1) is 0 Å². The lowest BCUT2D eigenvalue weighted by molar-refractivity contribution is -0.158. The van der Waals surface area contributed by atoms with E-state index in [9.17, 15) is 27.6 Å². The van der Waals surface area contributed by atoms with Gasteiger partial charge in [-0.1, -0.05) is 40.5 Å². The maximum atomic E-state index is 14.1. The zero-order valence-electron chi connectivity index (χ0n) is 26.1. The number of alkyl halides is 3. The molecule has 11 heteroatoms. The lowest BCUT2D eigenvalue weighted by atomic mass is 9.77. The number of esters is 1. The van der Waals surface area contributed by atoms with Gasteiger partial charge in [0.05, 0.1) is 41.5 Å². The third kappa shape index (κ3) is 6.56. The second kappa shape index (κ2) is 11.9. The summed E-state index contributed by atoms with van der Waals surface area (Å²) in [4.78, 5) is 50.4. The van der Waals surface area contributed by atoms with Crippen molar-refractivity contribution >= 4 is 29.2 Å². The van der Waals surface area contributed by atoms with E-state index in [4.69, 9.17) is 9.47 Å². The maximum Gasteiger partial charge on any atom is 0.416 e. The third-order valence-corrected chi connectivity index (χ3v) is 9.72. The summed E-state index contributed by atoms with van der Waals surface area (Å²) in [5.74, 6) is -1.48. The van der Waals surface area contributed by atoms with Crippen molar-refractivity contribution < 1.29 is 37.0 Å². The van der Waals surface area contributed by atoms with E-state index in [1.165, 1.54) is 11.0 Å². The first kappa shape index (κ1) is 32.2.